The summed E-state index contributed by atoms with van der Waals surface area (Å²) in [5.74, 6) is -1.69. The molecule has 0 atom stereocenters. The van der Waals surface area contributed by atoms with Gasteiger partial charge in [-0.2, -0.15) is 0 Å². The highest BCUT2D eigenvalue weighted by molar-refractivity contribution is 6.23. The van der Waals surface area contributed by atoms with Crippen LogP contribution in [0.5, 0.6) is 11.5 Å². The molecule has 0 aliphatic carbocycles. The monoisotopic (exact) mass is 373 g/mol. The average Bonchev–Trinajstić information content (AvgIpc) is 2.93. The van der Waals surface area contributed by atoms with Gasteiger partial charge in [0.2, 0.25) is 0 Å². The third-order valence-corrected chi connectivity index (χ3v) is 3.93. The van der Waals surface area contributed by atoms with Crippen molar-refractivity contribution < 1.29 is 28.6 Å². The van der Waals surface area contributed by atoms with E-state index in [4.69, 9.17) is 15.2 Å². The molecule has 10 nitrogen and oxygen atoms in total. The normalized spacial score (nSPS) is 12.4. The summed E-state index contributed by atoms with van der Waals surface area (Å²) < 4.78 is 16.1. The SMILES string of the molecule is COC(=O)COc1ccc(OC)c(-n2c(N)c3c(cc2=O)C(=O)NC3=O)c1. The third-order valence-electron chi connectivity index (χ3n) is 3.93. The summed E-state index contributed by atoms with van der Waals surface area (Å²) in [5, 5.41) is 2.09. The number of aromatic nitrogens is 1. The number of pyridine rings is 1. The van der Waals surface area contributed by atoms with Gasteiger partial charge in [0, 0.05) is 12.1 Å². The van der Waals surface area contributed by atoms with E-state index < -0.39 is 23.3 Å². The molecule has 0 bridgehead atoms. The highest BCUT2D eigenvalue weighted by Crippen LogP contribution is 2.30. The molecule has 140 valence electrons. The van der Waals surface area contributed by atoms with Crippen molar-refractivity contribution in [1.29, 1.82) is 0 Å². The number of carbonyl (C=O) groups excluding carboxylic acids is 3. The molecular weight excluding hydrogens is 358 g/mol. The minimum Gasteiger partial charge on any atom is -0.495 e. The van der Waals surface area contributed by atoms with Gasteiger partial charge in [0.05, 0.1) is 31.0 Å². The highest BCUT2D eigenvalue weighted by Gasteiger charge is 2.32. The number of ether oxygens (including phenoxy) is 3. The van der Waals surface area contributed by atoms with Crippen LogP contribution in [-0.2, 0) is 9.53 Å². The number of esters is 1. The molecule has 2 amide bonds. The maximum Gasteiger partial charge on any atom is 0.343 e. The maximum atomic E-state index is 12.6. The second kappa shape index (κ2) is 6.83. The Morgan fingerprint density at radius 1 is 1.15 bits per heavy atom. The molecular formula is C17H15N3O7. The zero-order valence-corrected chi connectivity index (χ0v) is 14.4. The molecule has 27 heavy (non-hydrogen) atoms. The van der Waals surface area contributed by atoms with Crippen LogP contribution in [-0.4, -0.2) is 43.2 Å². The van der Waals surface area contributed by atoms with Gasteiger partial charge >= 0.3 is 5.97 Å². The smallest absolute Gasteiger partial charge is 0.343 e. The molecule has 1 aromatic carbocycles. The largest absolute Gasteiger partial charge is 0.495 e. The van der Waals surface area contributed by atoms with Crippen molar-refractivity contribution in [2.75, 3.05) is 26.6 Å². The fraction of sp³-hybridized carbons (Fsp3) is 0.176. The Morgan fingerprint density at radius 2 is 1.89 bits per heavy atom. The Hall–Kier alpha value is -3.82. The van der Waals surface area contributed by atoms with E-state index in [0.717, 1.165) is 10.6 Å². The number of methoxy groups -OCH3 is 2. The highest BCUT2D eigenvalue weighted by atomic mass is 16.6. The number of hydrogen-bond donors (Lipinski definition) is 2. The molecule has 0 fully saturated rings. The number of imide groups is 1. The van der Waals surface area contributed by atoms with E-state index in [-0.39, 0.29) is 40.7 Å². The standard InChI is InChI=1S/C17H15N3O7/c1-25-11-4-3-8(27-7-13(22)26-2)5-10(11)20-12(21)6-9-14(15(20)18)17(24)19-16(9)23/h3-6H,7,18H2,1-2H3,(H,19,23,24). The first-order valence-electron chi connectivity index (χ1n) is 7.66. The third kappa shape index (κ3) is 3.08. The van der Waals surface area contributed by atoms with Crippen LogP contribution >= 0.6 is 0 Å². The topological polar surface area (TPSA) is 139 Å². The average molecular weight is 373 g/mol. The lowest BCUT2D eigenvalue weighted by Crippen LogP contribution is -2.24. The lowest BCUT2D eigenvalue weighted by Gasteiger charge is -2.16. The molecule has 3 N–H and O–H groups in total. The molecule has 0 unspecified atom stereocenters. The van der Waals surface area contributed by atoms with Gasteiger partial charge in [0.15, 0.2) is 6.61 Å². The van der Waals surface area contributed by atoms with Crippen LogP contribution < -0.4 is 26.1 Å². The van der Waals surface area contributed by atoms with Crippen LogP contribution in [0.25, 0.3) is 5.69 Å². The maximum absolute atomic E-state index is 12.6. The Morgan fingerprint density at radius 3 is 2.56 bits per heavy atom. The Bertz CT molecular complexity index is 1030. The number of nitrogens with zero attached hydrogens (tertiary/aromatic N) is 1. The van der Waals surface area contributed by atoms with Crippen molar-refractivity contribution in [3.8, 4) is 17.2 Å². The number of fused-ring (bicyclic) bond motifs is 1. The van der Waals surface area contributed by atoms with Gasteiger partial charge < -0.3 is 19.9 Å². The van der Waals surface area contributed by atoms with Crippen molar-refractivity contribution in [2.24, 2.45) is 0 Å². The lowest BCUT2D eigenvalue weighted by atomic mass is 10.1. The van der Waals surface area contributed by atoms with E-state index in [1.165, 1.54) is 32.4 Å². The van der Waals surface area contributed by atoms with Gasteiger partial charge in [-0.3, -0.25) is 24.3 Å². The Labute approximate surface area is 152 Å². The number of nitrogens with one attached hydrogen (secondary N) is 1. The first-order chi connectivity index (χ1) is 12.9. The molecule has 1 aliphatic heterocycles. The number of nitrogen functional groups attached to an aromatic ring is 1. The Balaban J connectivity index is 2.15. The molecule has 0 saturated carbocycles. The molecule has 1 aliphatic rings. The summed E-state index contributed by atoms with van der Waals surface area (Å²) in [6, 6.07) is 5.47. The number of carbonyl (C=O) groups is 3. The van der Waals surface area contributed by atoms with Crippen molar-refractivity contribution in [1.82, 2.24) is 9.88 Å². The van der Waals surface area contributed by atoms with E-state index in [2.05, 4.69) is 10.1 Å². The first kappa shape index (κ1) is 18.0. The summed E-state index contributed by atoms with van der Waals surface area (Å²) >= 11 is 0. The summed E-state index contributed by atoms with van der Waals surface area (Å²) in [7, 11) is 2.61. The fourth-order valence-corrected chi connectivity index (χ4v) is 2.66. The molecule has 0 spiro atoms. The van der Waals surface area contributed by atoms with Crippen molar-refractivity contribution in [3.05, 3.63) is 45.7 Å². The number of rotatable bonds is 5. The van der Waals surface area contributed by atoms with Gasteiger partial charge in [0.25, 0.3) is 17.4 Å². The molecule has 0 saturated heterocycles. The molecule has 2 aromatic rings. The van der Waals surface area contributed by atoms with Gasteiger partial charge in [-0.1, -0.05) is 0 Å². The number of amides is 2. The van der Waals surface area contributed by atoms with Gasteiger partial charge in [-0.25, -0.2) is 4.79 Å². The molecule has 0 radical (unpaired) electrons. The Kier molecular flexibility index (Phi) is 4.55. The fourth-order valence-electron chi connectivity index (χ4n) is 2.66. The van der Waals surface area contributed by atoms with Crippen LogP contribution in [0, 0.1) is 0 Å². The summed E-state index contributed by atoms with van der Waals surface area (Å²) in [6.07, 6.45) is 0. The second-order valence-corrected chi connectivity index (χ2v) is 5.47. The number of benzene rings is 1. The van der Waals surface area contributed by atoms with Crippen molar-refractivity contribution in [2.45, 2.75) is 0 Å². The minimum atomic E-state index is -0.696. The summed E-state index contributed by atoms with van der Waals surface area (Å²) in [5.41, 5.74) is 5.37. The van der Waals surface area contributed by atoms with Crippen LogP contribution in [0.1, 0.15) is 20.7 Å². The van der Waals surface area contributed by atoms with Crippen LogP contribution in [0.15, 0.2) is 29.1 Å². The quantitative estimate of drug-likeness (QED) is 0.545. The first-order valence-corrected chi connectivity index (χ1v) is 7.66. The predicted octanol–water partition coefficient (Wildman–Crippen LogP) is -0.136. The van der Waals surface area contributed by atoms with Crippen molar-refractivity contribution >= 4 is 23.6 Å². The van der Waals surface area contributed by atoms with Crippen LogP contribution in [0.2, 0.25) is 0 Å². The van der Waals surface area contributed by atoms with E-state index >= 15 is 0 Å². The number of hydrogen-bond acceptors (Lipinski definition) is 8. The van der Waals surface area contributed by atoms with E-state index in [1.54, 1.807) is 0 Å². The zero-order valence-electron chi connectivity index (χ0n) is 14.4. The van der Waals surface area contributed by atoms with E-state index in [9.17, 15) is 19.2 Å². The lowest BCUT2D eigenvalue weighted by molar-refractivity contribution is -0.142. The van der Waals surface area contributed by atoms with Gasteiger partial charge in [-0.05, 0) is 12.1 Å². The van der Waals surface area contributed by atoms with Crippen LogP contribution in [0.4, 0.5) is 5.82 Å². The van der Waals surface area contributed by atoms with Crippen LogP contribution in [0.3, 0.4) is 0 Å². The summed E-state index contributed by atoms with van der Waals surface area (Å²) in [4.78, 5) is 47.6. The second-order valence-electron chi connectivity index (χ2n) is 5.47. The molecule has 1 aromatic heterocycles. The van der Waals surface area contributed by atoms with Gasteiger partial charge in [0.1, 0.15) is 17.3 Å². The van der Waals surface area contributed by atoms with Gasteiger partial charge in [-0.15, -0.1) is 0 Å². The molecule has 3 rings (SSSR count). The van der Waals surface area contributed by atoms with E-state index in [0.29, 0.717) is 0 Å². The predicted molar refractivity (Wildman–Crippen MR) is 92.3 cm³/mol. The number of nitrogens with two attached hydrogens (primary N) is 1. The number of anilines is 1. The van der Waals surface area contributed by atoms with E-state index in [1.807, 2.05) is 0 Å². The van der Waals surface area contributed by atoms with Crippen molar-refractivity contribution in [3.63, 3.8) is 0 Å². The zero-order chi connectivity index (χ0) is 19.7. The molecule has 2 heterocycles. The molecule has 10 heteroatoms. The minimum absolute atomic E-state index is 0.0872. The summed E-state index contributed by atoms with van der Waals surface area (Å²) in [6.45, 7) is -0.340.